The van der Waals surface area contributed by atoms with E-state index in [-0.39, 0.29) is 0 Å². The number of anilines is 1. The van der Waals surface area contributed by atoms with Gasteiger partial charge in [-0.05, 0) is 49.6 Å². The molecule has 0 atom stereocenters. The number of hydrogen-bond acceptors (Lipinski definition) is 3. The third-order valence-corrected chi connectivity index (χ3v) is 5.18. The van der Waals surface area contributed by atoms with Crippen LogP contribution in [0.3, 0.4) is 0 Å². The molecule has 4 aromatic rings. The lowest BCUT2D eigenvalue weighted by Crippen LogP contribution is -1.95. The third kappa shape index (κ3) is 2.46. The summed E-state index contributed by atoms with van der Waals surface area (Å²) in [5.41, 5.74) is 5.49. The third-order valence-electron chi connectivity index (χ3n) is 4.06. The van der Waals surface area contributed by atoms with Gasteiger partial charge in [0.2, 0.25) is 0 Å². The molecule has 0 saturated heterocycles. The maximum absolute atomic E-state index is 6.03. The summed E-state index contributed by atoms with van der Waals surface area (Å²) in [6.07, 6.45) is 3.85. The van der Waals surface area contributed by atoms with Crippen molar-refractivity contribution in [1.82, 2.24) is 14.6 Å². The van der Waals surface area contributed by atoms with Crippen LogP contribution in [-0.2, 0) is 0 Å². The maximum atomic E-state index is 6.03. The van der Waals surface area contributed by atoms with Gasteiger partial charge in [0.05, 0.1) is 22.3 Å². The molecule has 0 fully saturated rings. The Labute approximate surface area is 143 Å². The molecule has 23 heavy (non-hydrogen) atoms. The van der Waals surface area contributed by atoms with Crippen LogP contribution in [0.2, 0.25) is 5.02 Å². The molecular weight excluding hydrogens is 328 g/mol. The van der Waals surface area contributed by atoms with Crippen LogP contribution in [0.1, 0.15) is 11.3 Å². The van der Waals surface area contributed by atoms with Gasteiger partial charge in [-0.25, -0.2) is 4.52 Å². The van der Waals surface area contributed by atoms with Crippen LogP contribution in [-0.4, -0.2) is 14.6 Å². The van der Waals surface area contributed by atoms with Crippen molar-refractivity contribution in [3.05, 3.63) is 59.0 Å². The number of benzene rings is 1. The first-order valence-electron chi connectivity index (χ1n) is 7.27. The largest absolute Gasteiger partial charge is 0.360 e. The SMILES string of the molecule is Cc1ccc2c(NSc3c[nH]c4cc(Cl)ccc34)cnn2c1C. The van der Waals surface area contributed by atoms with Gasteiger partial charge in [-0.15, -0.1) is 0 Å². The predicted octanol–water partition coefficient (Wildman–Crippen LogP) is 5.21. The van der Waals surface area contributed by atoms with E-state index in [1.165, 1.54) is 5.56 Å². The first-order valence-corrected chi connectivity index (χ1v) is 8.46. The van der Waals surface area contributed by atoms with Crippen molar-refractivity contribution in [3.63, 3.8) is 0 Å². The van der Waals surface area contributed by atoms with Crippen LogP contribution in [0, 0.1) is 13.8 Å². The van der Waals surface area contributed by atoms with Gasteiger partial charge < -0.3 is 9.71 Å². The summed E-state index contributed by atoms with van der Waals surface area (Å²) >= 11 is 7.59. The fraction of sp³-hybridized carbons (Fsp3) is 0.118. The lowest BCUT2D eigenvalue weighted by Gasteiger charge is -2.05. The number of fused-ring (bicyclic) bond motifs is 2. The quantitative estimate of drug-likeness (QED) is 0.503. The van der Waals surface area contributed by atoms with E-state index in [4.69, 9.17) is 11.6 Å². The summed E-state index contributed by atoms with van der Waals surface area (Å²) in [6, 6.07) is 10.1. The average molecular weight is 343 g/mol. The Balaban J connectivity index is 1.65. The number of rotatable bonds is 3. The molecule has 0 radical (unpaired) electrons. The highest BCUT2D eigenvalue weighted by molar-refractivity contribution is 8.00. The van der Waals surface area contributed by atoms with Gasteiger partial charge in [0.15, 0.2) is 0 Å². The molecule has 0 aliphatic carbocycles. The highest BCUT2D eigenvalue weighted by Crippen LogP contribution is 2.31. The Hall–Kier alpha value is -2.11. The molecule has 0 aliphatic rings. The topological polar surface area (TPSA) is 45.1 Å². The molecule has 6 heteroatoms. The molecule has 0 saturated carbocycles. The fourth-order valence-corrected chi connectivity index (χ4v) is 3.58. The zero-order valence-corrected chi connectivity index (χ0v) is 14.3. The summed E-state index contributed by atoms with van der Waals surface area (Å²) in [5, 5.41) is 6.35. The Morgan fingerprint density at radius 1 is 1.22 bits per heavy atom. The number of nitrogens with zero attached hydrogens (tertiary/aromatic N) is 2. The average Bonchev–Trinajstić information content (AvgIpc) is 3.12. The van der Waals surface area contributed by atoms with Gasteiger partial charge in [0.1, 0.15) is 0 Å². The first kappa shape index (κ1) is 14.5. The number of hydrogen-bond donors (Lipinski definition) is 2. The fourth-order valence-electron chi connectivity index (χ4n) is 2.62. The number of aromatic amines is 1. The minimum atomic E-state index is 0.734. The standard InChI is InChI=1S/C17H15ClN4S/c1-10-3-6-16-15(8-20-22(16)11(10)2)21-23-17-9-19-14-7-12(18)4-5-13(14)17/h3-9,19,21H,1-2H3. The lowest BCUT2D eigenvalue weighted by molar-refractivity contribution is 0.902. The lowest BCUT2D eigenvalue weighted by atomic mass is 10.2. The van der Waals surface area contributed by atoms with Crippen LogP contribution in [0.5, 0.6) is 0 Å². The number of aromatic nitrogens is 3. The Kier molecular flexibility index (Phi) is 3.47. The molecule has 2 N–H and O–H groups in total. The van der Waals surface area contributed by atoms with Crippen molar-refractivity contribution in [3.8, 4) is 0 Å². The second-order valence-corrected chi connectivity index (χ2v) is 6.79. The molecule has 4 nitrogen and oxygen atoms in total. The van der Waals surface area contributed by atoms with Crippen molar-refractivity contribution in [2.24, 2.45) is 0 Å². The number of H-pyrrole nitrogens is 1. The highest BCUT2D eigenvalue weighted by Gasteiger charge is 2.09. The number of nitrogens with one attached hydrogen (secondary N) is 2. The summed E-state index contributed by atoms with van der Waals surface area (Å²) in [7, 11) is 0. The van der Waals surface area contributed by atoms with Crippen molar-refractivity contribution in [1.29, 1.82) is 0 Å². The predicted molar refractivity (Wildman–Crippen MR) is 97.5 cm³/mol. The number of halogens is 1. The maximum Gasteiger partial charge on any atom is 0.0907 e. The molecule has 116 valence electrons. The molecule has 0 unspecified atom stereocenters. The minimum Gasteiger partial charge on any atom is -0.360 e. The Morgan fingerprint density at radius 3 is 2.96 bits per heavy atom. The van der Waals surface area contributed by atoms with Gasteiger partial charge in [-0.2, -0.15) is 5.10 Å². The van der Waals surface area contributed by atoms with E-state index < -0.39 is 0 Å². The zero-order chi connectivity index (χ0) is 16.0. The molecule has 1 aromatic carbocycles. The summed E-state index contributed by atoms with van der Waals surface area (Å²) in [4.78, 5) is 4.37. The van der Waals surface area contributed by atoms with Gasteiger partial charge in [-0.1, -0.05) is 23.7 Å². The van der Waals surface area contributed by atoms with E-state index >= 15 is 0 Å². The van der Waals surface area contributed by atoms with Crippen molar-refractivity contribution in [2.75, 3.05) is 4.72 Å². The Bertz CT molecular complexity index is 1020. The van der Waals surface area contributed by atoms with Crippen LogP contribution in [0.25, 0.3) is 16.4 Å². The molecule has 0 bridgehead atoms. The van der Waals surface area contributed by atoms with Gasteiger partial charge in [0, 0.05) is 27.8 Å². The Morgan fingerprint density at radius 2 is 2.09 bits per heavy atom. The molecule has 4 rings (SSSR count). The second kappa shape index (κ2) is 5.51. The van der Waals surface area contributed by atoms with Crippen LogP contribution >= 0.6 is 23.5 Å². The van der Waals surface area contributed by atoms with Crippen LogP contribution in [0.4, 0.5) is 5.69 Å². The van der Waals surface area contributed by atoms with E-state index in [0.717, 1.165) is 37.7 Å². The van der Waals surface area contributed by atoms with Gasteiger partial charge in [0.25, 0.3) is 0 Å². The molecule has 3 aromatic heterocycles. The smallest absolute Gasteiger partial charge is 0.0907 e. The van der Waals surface area contributed by atoms with E-state index in [1.807, 2.05) is 35.1 Å². The van der Waals surface area contributed by atoms with Crippen molar-refractivity contribution >= 4 is 45.7 Å². The minimum absolute atomic E-state index is 0.734. The van der Waals surface area contributed by atoms with E-state index in [9.17, 15) is 0 Å². The van der Waals surface area contributed by atoms with E-state index in [1.54, 1.807) is 11.9 Å². The molecule has 0 spiro atoms. The molecule has 0 aliphatic heterocycles. The van der Waals surface area contributed by atoms with Crippen LogP contribution in [0.15, 0.2) is 47.6 Å². The van der Waals surface area contributed by atoms with Crippen molar-refractivity contribution in [2.45, 2.75) is 18.7 Å². The zero-order valence-electron chi connectivity index (χ0n) is 12.7. The van der Waals surface area contributed by atoms with E-state index in [2.05, 4.69) is 40.8 Å². The first-order chi connectivity index (χ1) is 11.1. The monoisotopic (exact) mass is 342 g/mol. The second-order valence-electron chi connectivity index (χ2n) is 5.50. The molecular formula is C17H15ClN4S. The number of aryl methyl sites for hydroxylation is 2. The normalized spacial score (nSPS) is 11.4. The summed E-state index contributed by atoms with van der Waals surface area (Å²) in [5.74, 6) is 0. The van der Waals surface area contributed by atoms with Gasteiger partial charge in [-0.3, -0.25) is 0 Å². The van der Waals surface area contributed by atoms with Gasteiger partial charge >= 0.3 is 0 Å². The number of pyridine rings is 1. The molecule has 0 amide bonds. The van der Waals surface area contributed by atoms with E-state index in [0.29, 0.717) is 0 Å². The molecule has 3 heterocycles. The summed E-state index contributed by atoms with van der Waals surface area (Å²) < 4.78 is 5.37. The van der Waals surface area contributed by atoms with Crippen molar-refractivity contribution < 1.29 is 0 Å². The highest BCUT2D eigenvalue weighted by atomic mass is 35.5. The summed E-state index contributed by atoms with van der Waals surface area (Å²) in [6.45, 7) is 4.17. The van der Waals surface area contributed by atoms with Crippen LogP contribution < -0.4 is 4.72 Å².